The fourth-order valence-corrected chi connectivity index (χ4v) is 5.55. The lowest BCUT2D eigenvalue weighted by molar-refractivity contribution is -0.140. The highest BCUT2D eigenvalue weighted by Crippen LogP contribution is 2.35. The molecule has 0 aromatic heterocycles. The Morgan fingerprint density at radius 3 is 2.03 bits per heavy atom. The summed E-state index contributed by atoms with van der Waals surface area (Å²) in [6.45, 7) is 5.08. The van der Waals surface area contributed by atoms with Gasteiger partial charge in [-0.3, -0.25) is 4.79 Å². The van der Waals surface area contributed by atoms with Gasteiger partial charge in [0, 0.05) is 5.56 Å². The van der Waals surface area contributed by atoms with Gasteiger partial charge in [0.05, 0.1) is 12.5 Å². The highest BCUT2D eigenvalue weighted by Gasteiger charge is 2.29. The van der Waals surface area contributed by atoms with Crippen molar-refractivity contribution in [3.63, 3.8) is 0 Å². The van der Waals surface area contributed by atoms with Crippen LogP contribution in [0.4, 0.5) is 8.78 Å². The molecule has 216 valence electrons. The van der Waals surface area contributed by atoms with E-state index in [1.54, 1.807) is 24.3 Å². The van der Waals surface area contributed by atoms with Crippen LogP contribution in [0.2, 0.25) is 0 Å². The van der Waals surface area contributed by atoms with Gasteiger partial charge in [-0.25, -0.2) is 4.39 Å². The molecule has 0 aliphatic heterocycles. The van der Waals surface area contributed by atoms with E-state index in [0.717, 1.165) is 38.5 Å². The molecule has 0 N–H and O–H groups in total. The van der Waals surface area contributed by atoms with Crippen molar-refractivity contribution in [3.05, 3.63) is 48.0 Å². The molecule has 2 aromatic rings. The van der Waals surface area contributed by atoms with E-state index in [-0.39, 0.29) is 17.2 Å². The van der Waals surface area contributed by atoms with Crippen molar-refractivity contribution in [3.8, 4) is 22.6 Å². The van der Waals surface area contributed by atoms with E-state index in [9.17, 15) is 13.6 Å². The molecule has 3 nitrogen and oxygen atoms in total. The molecule has 0 amide bonds. The first-order valence-corrected chi connectivity index (χ1v) is 15.5. The minimum absolute atomic E-state index is 0.134. The van der Waals surface area contributed by atoms with Gasteiger partial charge in [0.2, 0.25) is 5.82 Å². The zero-order chi connectivity index (χ0) is 27.9. The molecule has 0 saturated heterocycles. The Balaban J connectivity index is 1.46. The van der Waals surface area contributed by atoms with Crippen molar-refractivity contribution in [2.24, 2.45) is 11.8 Å². The largest absolute Gasteiger partial charge is 0.494 e. The average Bonchev–Trinajstić information content (AvgIpc) is 2.96. The van der Waals surface area contributed by atoms with E-state index < -0.39 is 17.6 Å². The number of ether oxygens (including phenoxy) is 2. The number of halogens is 2. The summed E-state index contributed by atoms with van der Waals surface area (Å²) in [5.74, 6) is -1.78. The van der Waals surface area contributed by atoms with Crippen molar-refractivity contribution in [2.75, 3.05) is 6.61 Å². The Labute approximate surface area is 234 Å². The third-order valence-corrected chi connectivity index (χ3v) is 8.09. The van der Waals surface area contributed by atoms with Gasteiger partial charge in [-0.15, -0.1) is 0 Å². The third kappa shape index (κ3) is 10.2. The molecule has 0 atom stereocenters. The second-order valence-corrected chi connectivity index (χ2v) is 11.2. The lowest BCUT2D eigenvalue weighted by Gasteiger charge is -2.27. The van der Waals surface area contributed by atoms with E-state index in [0.29, 0.717) is 23.8 Å². The number of hydrogen-bond donors (Lipinski definition) is 0. The first-order chi connectivity index (χ1) is 19.0. The SMILES string of the molecule is CCCCCCCCOc1ccc(-c2ccc(OC(=O)C3CCC(CCCCCCC)CC3)c(F)c2F)cc1. The quantitative estimate of drug-likeness (QED) is 0.113. The Kier molecular flexibility index (Phi) is 13.8. The molecule has 3 rings (SSSR count). The Hall–Kier alpha value is -2.43. The van der Waals surface area contributed by atoms with Crippen LogP contribution < -0.4 is 9.47 Å². The zero-order valence-corrected chi connectivity index (χ0v) is 24.1. The van der Waals surface area contributed by atoms with Crippen LogP contribution in [0.15, 0.2) is 36.4 Å². The molecule has 5 heteroatoms. The number of esters is 1. The highest BCUT2D eigenvalue weighted by molar-refractivity contribution is 5.76. The Morgan fingerprint density at radius 2 is 1.36 bits per heavy atom. The van der Waals surface area contributed by atoms with Gasteiger partial charge < -0.3 is 9.47 Å². The summed E-state index contributed by atoms with van der Waals surface area (Å²) in [6, 6.07) is 9.84. The van der Waals surface area contributed by atoms with Gasteiger partial charge in [0.25, 0.3) is 0 Å². The van der Waals surface area contributed by atoms with Crippen LogP contribution in [0.5, 0.6) is 11.5 Å². The normalized spacial score (nSPS) is 17.2. The van der Waals surface area contributed by atoms with Crippen LogP contribution in [0.25, 0.3) is 11.1 Å². The van der Waals surface area contributed by atoms with Gasteiger partial charge in [-0.1, -0.05) is 96.6 Å². The molecule has 0 spiro atoms. The van der Waals surface area contributed by atoms with E-state index in [1.165, 1.54) is 76.3 Å². The van der Waals surface area contributed by atoms with E-state index in [1.807, 2.05) is 0 Å². The molecule has 1 fully saturated rings. The van der Waals surface area contributed by atoms with E-state index in [2.05, 4.69) is 13.8 Å². The standard InChI is InChI=1S/C34H48F2O3/c1-3-5-7-9-11-13-25-38-29-21-19-27(20-22-29)30-23-24-31(33(36)32(30)35)39-34(37)28-17-15-26(16-18-28)14-12-10-8-6-4-2/h19-24,26,28H,3-18,25H2,1-2H3. The van der Waals surface area contributed by atoms with Gasteiger partial charge in [-0.2, -0.15) is 4.39 Å². The summed E-state index contributed by atoms with van der Waals surface area (Å²) < 4.78 is 41.0. The first kappa shape index (κ1) is 31.1. The topological polar surface area (TPSA) is 35.5 Å². The molecule has 0 radical (unpaired) electrons. The fourth-order valence-electron chi connectivity index (χ4n) is 5.55. The van der Waals surface area contributed by atoms with Crippen LogP contribution in [0.3, 0.4) is 0 Å². The fraction of sp³-hybridized carbons (Fsp3) is 0.618. The molecule has 39 heavy (non-hydrogen) atoms. The maximum absolute atomic E-state index is 15.0. The molecule has 1 aliphatic rings. The maximum Gasteiger partial charge on any atom is 0.314 e. The highest BCUT2D eigenvalue weighted by atomic mass is 19.2. The smallest absolute Gasteiger partial charge is 0.314 e. The lowest BCUT2D eigenvalue weighted by atomic mass is 9.80. The third-order valence-electron chi connectivity index (χ3n) is 8.09. The summed E-state index contributed by atoms with van der Waals surface area (Å²) in [4.78, 5) is 12.7. The van der Waals surface area contributed by atoms with Crippen LogP contribution in [-0.4, -0.2) is 12.6 Å². The van der Waals surface area contributed by atoms with Gasteiger partial charge in [-0.05, 0) is 67.9 Å². The summed E-state index contributed by atoms with van der Waals surface area (Å²) in [7, 11) is 0. The second kappa shape index (κ2) is 17.3. The predicted octanol–water partition coefficient (Wildman–Crippen LogP) is 10.4. The number of carbonyl (C=O) groups excluding carboxylic acids is 1. The van der Waals surface area contributed by atoms with Crippen LogP contribution in [0.1, 0.15) is 117 Å². The van der Waals surface area contributed by atoms with Crippen LogP contribution in [-0.2, 0) is 4.79 Å². The van der Waals surface area contributed by atoms with Crippen LogP contribution in [0, 0.1) is 23.5 Å². The average molecular weight is 543 g/mol. The monoisotopic (exact) mass is 542 g/mol. The van der Waals surface area contributed by atoms with Gasteiger partial charge in [0.15, 0.2) is 11.6 Å². The van der Waals surface area contributed by atoms with Crippen molar-refractivity contribution in [2.45, 2.75) is 117 Å². The van der Waals surface area contributed by atoms with Crippen LogP contribution >= 0.6 is 0 Å². The summed E-state index contributed by atoms with van der Waals surface area (Å²) >= 11 is 0. The maximum atomic E-state index is 15.0. The Morgan fingerprint density at radius 1 is 0.744 bits per heavy atom. The summed E-state index contributed by atoms with van der Waals surface area (Å²) in [5.41, 5.74) is 0.679. The van der Waals surface area contributed by atoms with Gasteiger partial charge in [0.1, 0.15) is 5.75 Å². The number of benzene rings is 2. The number of carbonyl (C=O) groups is 1. The molecule has 0 bridgehead atoms. The van der Waals surface area contributed by atoms with Gasteiger partial charge >= 0.3 is 5.97 Å². The Bertz CT molecular complexity index is 981. The predicted molar refractivity (Wildman–Crippen MR) is 155 cm³/mol. The molecular weight excluding hydrogens is 494 g/mol. The minimum Gasteiger partial charge on any atom is -0.494 e. The molecule has 0 unspecified atom stereocenters. The zero-order valence-electron chi connectivity index (χ0n) is 24.1. The summed E-state index contributed by atoms with van der Waals surface area (Å²) in [6.07, 6.45) is 18.3. The molecule has 1 saturated carbocycles. The lowest BCUT2D eigenvalue weighted by Crippen LogP contribution is -2.26. The van der Waals surface area contributed by atoms with Crippen molar-refractivity contribution < 1.29 is 23.0 Å². The minimum atomic E-state index is -1.12. The van der Waals surface area contributed by atoms with E-state index in [4.69, 9.17) is 9.47 Å². The summed E-state index contributed by atoms with van der Waals surface area (Å²) in [5, 5.41) is 0. The number of hydrogen-bond acceptors (Lipinski definition) is 3. The molecular formula is C34H48F2O3. The number of rotatable bonds is 17. The number of unbranched alkanes of at least 4 members (excludes halogenated alkanes) is 9. The van der Waals surface area contributed by atoms with E-state index >= 15 is 0 Å². The molecule has 1 aliphatic carbocycles. The first-order valence-electron chi connectivity index (χ1n) is 15.5. The van der Waals surface area contributed by atoms with Crippen molar-refractivity contribution >= 4 is 5.97 Å². The molecule has 0 heterocycles. The molecule has 2 aromatic carbocycles. The second-order valence-electron chi connectivity index (χ2n) is 11.2. The van der Waals surface area contributed by atoms with Crippen molar-refractivity contribution in [1.29, 1.82) is 0 Å². The van der Waals surface area contributed by atoms with Crippen molar-refractivity contribution in [1.82, 2.24) is 0 Å².